The minimum Gasteiger partial charge on any atom is -0.456 e. The van der Waals surface area contributed by atoms with E-state index in [4.69, 9.17) is 8.83 Å². The molecule has 0 radical (unpaired) electrons. The average Bonchev–Trinajstić information content (AvgIpc) is 4.16. The van der Waals surface area contributed by atoms with Crippen molar-refractivity contribution in [1.82, 2.24) is 0 Å². The standard InChI is InChI=1S/C67H41NO2/c1-3-16-42(17-4-1)45-20-15-21-48(38-45)68(49-35-37-53-52-24-9-13-28-59(52)67(60(53)40-49)57-26-11-7-22-50(57)51-23-8-12-27-58(51)67)47-33-30-43(31-34-47)46-32-36-54-56-41-63-65(55-25-10-14-29-61(55)69-63)64(44-18-5-2-6-19-44)66(56)70-62(54)39-46/h1-41H. The lowest BCUT2D eigenvalue weighted by molar-refractivity contribution is 0.664. The molecule has 0 saturated heterocycles. The Labute approximate surface area is 404 Å². The Morgan fingerprint density at radius 2 is 0.829 bits per heavy atom. The Balaban J connectivity index is 0.886. The van der Waals surface area contributed by atoms with Crippen LogP contribution in [0.5, 0.6) is 0 Å². The van der Waals surface area contributed by atoms with Gasteiger partial charge in [0.15, 0.2) is 0 Å². The van der Waals surface area contributed by atoms with Crippen molar-refractivity contribution in [2.45, 2.75) is 5.41 Å². The first-order valence-corrected chi connectivity index (χ1v) is 24.1. The van der Waals surface area contributed by atoms with E-state index in [1.54, 1.807) is 0 Å². The van der Waals surface area contributed by atoms with Crippen LogP contribution in [0.2, 0.25) is 0 Å². The monoisotopic (exact) mass is 891 g/mol. The van der Waals surface area contributed by atoms with E-state index >= 15 is 0 Å². The zero-order valence-electron chi connectivity index (χ0n) is 37.9. The first-order valence-electron chi connectivity index (χ1n) is 24.1. The van der Waals surface area contributed by atoms with E-state index in [-0.39, 0.29) is 0 Å². The highest BCUT2D eigenvalue weighted by Gasteiger charge is 2.51. The van der Waals surface area contributed by atoms with Crippen molar-refractivity contribution in [1.29, 1.82) is 0 Å². The van der Waals surface area contributed by atoms with Crippen LogP contribution < -0.4 is 4.90 Å². The van der Waals surface area contributed by atoms with E-state index in [1.165, 1.54) is 55.6 Å². The number of hydrogen-bond acceptors (Lipinski definition) is 3. The number of hydrogen-bond donors (Lipinski definition) is 0. The maximum Gasteiger partial charge on any atom is 0.144 e. The molecule has 2 aliphatic carbocycles. The summed E-state index contributed by atoms with van der Waals surface area (Å²) in [4.78, 5) is 2.42. The molecule has 0 amide bonds. The SMILES string of the molecule is c1ccc(-c2cccc(N(c3ccc(-c4ccc5c(c4)oc4c(-c6ccccc6)c6c(cc45)oc4ccccc46)cc3)c3ccc4c(c3)C3(c5ccccc5-c5ccccc53)c3ccccc3-4)c2)cc1. The molecule has 0 atom stereocenters. The summed E-state index contributed by atoms with van der Waals surface area (Å²) in [5, 5.41) is 4.26. The van der Waals surface area contributed by atoms with Crippen LogP contribution in [-0.2, 0) is 5.41 Å². The van der Waals surface area contributed by atoms with Gasteiger partial charge in [0.25, 0.3) is 0 Å². The third-order valence-electron chi connectivity index (χ3n) is 15.1. The number of benzene rings is 11. The summed E-state index contributed by atoms with van der Waals surface area (Å²) in [6, 6.07) is 90.4. The third kappa shape index (κ3) is 5.52. The highest BCUT2D eigenvalue weighted by atomic mass is 16.3. The second kappa shape index (κ2) is 14.9. The van der Waals surface area contributed by atoms with E-state index < -0.39 is 5.41 Å². The minimum absolute atomic E-state index is 0.453. The fraction of sp³-hybridized carbons (Fsp3) is 0.0149. The molecule has 0 bridgehead atoms. The molecule has 2 aromatic heterocycles. The molecule has 0 unspecified atom stereocenters. The Morgan fingerprint density at radius 3 is 1.54 bits per heavy atom. The molecule has 11 aromatic carbocycles. The largest absolute Gasteiger partial charge is 0.456 e. The Morgan fingerprint density at radius 1 is 0.286 bits per heavy atom. The van der Waals surface area contributed by atoms with E-state index in [2.05, 4.69) is 241 Å². The molecule has 2 aliphatic rings. The molecule has 15 rings (SSSR count). The quantitative estimate of drug-likeness (QED) is 0.167. The fourth-order valence-electron chi connectivity index (χ4n) is 12.1. The molecule has 0 saturated carbocycles. The van der Waals surface area contributed by atoms with Crippen LogP contribution in [-0.4, -0.2) is 0 Å². The summed E-state index contributed by atoms with van der Waals surface area (Å²) >= 11 is 0. The second-order valence-electron chi connectivity index (χ2n) is 18.7. The third-order valence-corrected chi connectivity index (χ3v) is 15.1. The van der Waals surface area contributed by atoms with Crippen LogP contribution in [0.15, 0.2) is 258 Å². The summed E-state index contributed by atoms with van der Waals surface area (Å²) < 4.78 is 13.4. The van der Waals surface area contributed by atoms with Crippen LogP contribution in [0.1, 0.15) is 22.3 Å². The van der Waals surface area contributed by atoms with E-state index in [9.17, 15) is 0 Å². The predicted octanol–water partition coefficient (Wildman–Crippen LogP) is 18.3. The van der Waals surface area contributed by atoms with Gasteiger partial charge in [-0.2, -0.15) is 0 Å². The van der Waals surface area contributed by atoms with Gasteiger partial charge in [-0.05, 0) is 133 Å². The normalized spacial score (nSPS) is 13.0. The molecule has 13 aromatic rings. The number of fused-ring (bicyclic) bond motifs is 16. The lowest BCUT2D eigenvalue weighted by atomic mass is 9.70. The lowest BCUT2D eigenvalue weighted by Crippen LogP contribution is -2.26. The van der Waals surface area contributed by atoms with Crippen molar-refractivity contribution in [2.24, 2.45) is 0 Å². The molecule has 2 heterocycles. The number of nitrogens with zero attached hydrogens (tertiary/aromatic N) is 1. The highest BCUT2D eigenvalue weighted by Crippen LogP contribution is 2.63. The molecule has 0 N–H and O–H groups in total. The molecule has 3 heteroatoms. The maximum atomic E-state index is 6.95. The molecule has 0 fully saturated rings. The van der Waals surface area contributed by atoms with Gasteiger partial charge in [0.1, 0.15) is 22.3 Å². The van der Waals surface area contributed by atoms with Crippen LogP contribution >= 0.6 is 0 Å². The molecule has 3 nitrogen and oxygen atoms in total. The van der Waals surface area contributed by atoms with Crippen molar-refractivity contribution in [2.75, 3.05) is 4.90 Å². The summed E-state index contributed by atoms with van der Waals surface area (Å²) in [5.41, 5.74) is 23.4. The smallest absolute Gasteiger partial charge is 0.144 e. The Kier molecular flexibility index (Phi) is 8.28. The topological polar surface area (TPSA) is 29.5 Å². The van der Waals surface area contributed by atoms with E-state index in [1.807, 2.05) is 12.1 Å². The van der Waals surface area contributed by atoms with E-state index in [0.29, 0.717) is 0 Å². The number of furan rings is 2. The highest BCUT2D eigenvalue weighted by molar-refractivity contribution is 6.23. The van der Waals surface area contributed by atoms with Crippen LogP contribution in [0, 0.1) is 0 Å². The zero-order chi connectivity index (χ0) is 45.9. The summed E-state index contributed by atoms with van der Waals surface area (Å²) in [7, 11) is 0. The minimum atomic E-state index is -0.453. The molecular weight excluding hydrogens is 851 g/mol. The zero-order valence-corrected chi connectivity index (χ0v) is 37.9. The van der Waals surface area contributed by atoms with Crippen molar-refractivity contribution in [3.63, 3.8) is 0 Å². The molecular formula is C67H41NO2. The molecule has 1 spiro atoms. The van der Waals surface area contributed by atoms with Crippen molar-refractivity contribution in [3.8, 4) is 55.6 Å². The van der Waals surface area contributed by atoms with Gasteiger partial charge in [-0.25, -0.2) is 0 Å². The number of anilines is 3. The van der Waals surface area contributed by atoms with Crippen LogP contribution in [0.25, 0.3) is 99.5 Å². The van der Waals surface area contributed by atoms with Gasteiger partial charge in [0.05, 0.1) is 5.41 Å². The summed E-state index contributed by atoms with van der Waals surface area (Å²) in [6.45, 7) is 0. The predicted molar refractivity (Wildman–Crippen MR) is 288 cm³/mol. The Hall–Kier alpha value is -9.18. The van der Waals surface area contributed by atoms with Gasteiger partial charge in [-0.3, -0.25) is 0 Å². The van der Waals surface area contributed by atoms with Crippen LogP contribution in [0.3, 0.4) is 0 Å². The van der Waals surface area contributed by atoms with Crippen molar-refractivity contribution < 1.29 is 8.83 Å². The molecule has 0 aliphatic heterocycles. The van der Waals surface area contributed by atoms with Crippen LogP contribution in [0.4, 0.5) is 17.1 Å². The van der Waals surface area contributed by atoms with Gasteiger partial charge in [-0.1, -0.05) is 188 Å². The Bertz CT molecular complexity index is 4170. The van der Waals surface area contributed by atoms with Gasteiger partial charge in [0, 0.05) is 44.2 Å². The van der Waals surface area contributed by atoms with Crippen molar-refractivity contribution >= 4 is 60.9 Å². The fourth-order valence-corrected chi connectivity index (χ4v) is 12.1. The van der Waals surface area contributed by atoms with Crippen molar-refractivity contribution in [3.05, 3.63) is 271 Å². The summed E-state index contributed by atoms with van der Waals surface area (Å²) in [6.07, 6.45) is 0. The van der Waals surface area contributed by atoms with Gasteiger partial charge in [-0.15, -0.1) is 0 Å². The first kappa shape index (κ1) is 38.9. The number of para-hydroxylation sites is 1. The lowest BCUT2D eigenvalue weighted by Gasteiger charge is -2.32. The van der Waals surface area contributed by atoms with Gasteiger partial charge in [0.2, 0.25) is 0 Å². The second-order valence-corrected chi connectivity index (χ2v) is 18.7. The first-order chi connectivity index (χ1) is 34.7. The maximum absolute atomic E-state index is 6.95. The number of rotatable bonds is 6. The van der Waals surface area contributed by atoms with E-state index in [0.717, 1.165) is 83.2 Å². The summed E-state index contributed by atoms with van der Waals surface area (Å²) in [5.74, 6) is 0. The molecule has 70 heavy (non-hydrogen) atoms. The molecule has 326 valence electrons. The average molecular weight is 892 g/mol. The van der Waals surface area contributed by atoms with Gasteiger partial charge < -0.3 is 13.7 Å². The van der Waals surface area contributed by atoms with Gasteiger partial charge >= 0.3 is 0 Å².